The van der Waals surface area contributed by atoms with E-state index in [-0.39, 0.29) is 0 Å². The van der Waals surface area contributed by atoms with E-state index in [4.69, 9.17) is 4.74 Å². The number of para-hydroxylation sites is 1. The normalized spacial score (nSPS) is 25.5. The first-order valence-corrected chi connectivity index (χ1v) is 7.32. The molecule has 0 amide bonds. The van der Waals surface area contributed by atoms with Gasteiger partial charge in [0.2, 0.25) is 0 Å². The maximum atomic E-state index is 5.72. The molecule has 1 aromatic carbocycles. The van der Waals surface area contributed by atoms with Crippen molar-refractivity contribution in [3.05, 3.63) is 29.8 Å². The van der Waals surface area contributed by atoms with Gasteiger partial charge in [-0.05, 0) is 31.7 Å². The van der Waals surface area contributed by atoms with Gasteiger partial charge in [-0.25, -0.2) is 0 Å². The van der Waals surface area contributed by atoms with E-state index in [0.717, 1.165) is 24.7 Å². The van der Waals surface area contributed by atoms with Gasteiger partial charge in [-0.2, -0.15) is 0 Å². The highest BCUT2D eigenvalue weighted by Crippen LogP contribution is 2.34. The molecule has 1 N–H and O–H groups in total. The zero-order valence-corrected chi connectivity index (χ0v) is 11.2. The first-order chi connectivity index (χ1) is 8.84. The Morgan fingerprint density at radius 3 is 2.78 bits per heavy atom. The Kier molecular flexibility index (Phi) is 3.55. The summed E-state index contributed by atoms with van der Waals surface area (Å²) in [6, 6.07) is 9.57. The summed E-state index contributed by atoms with van der Waals surface area (Å²) in [6.45, 7) is 3.19. The molecule has 1 aliphatic heterocycles. The SMILES string of the molecule is C[C@@H](NC1CCOc2ccccc21)C1CCCC1. The Labute approximate surface area is 110 Å². The lowest BCUT2D eigenvalue weighted by molar-refractivity contribution is 0.233. The van der Waals surface area contributed by atoms with E-state index >= 15 is 0 Å². The van der Waals surface area contributed by atoms with Crippen LogP contribution in [0.4, 0.5) is 0 Å². The fourth-order valence-electron chi connectivity index (χ4n) is 3.43. The molecule has 0 saturated heterocycles. The molecule has 2 nitrogen and oxygen atoms in total. The lowest BCUT2D eigenvalue weighted by atomic mass is 9.95. The van der Waals surface area contributed by atoms with Crippen molar-refractivity contribution < 1.29 is 4.74 Å². The van der Waals surface area contributed by atoms with Gasteiger partial charge in [-0.15, -0.1) is 0 Å². The molecule has 0 radical (unpaired) electrons. The molecule has 0 bridgehead atoms. The molecule has 1 heterocycles. The molecular weight excluding hydrogens is 222 g/mol. The fraction of sp³-hybridized carbons (Fsp3) is 0.625. The van der Waals surface area contributed by atoms with Crippen molar-refractivity contribution in [1.29, 1.82) is 0 Å². The molecule has 0 spiro atoms. The third-order valence-electron chi connectivity index (χ3n) is 4.53. The summed E-state index contributed by atoms with van der Waals surface area (Å²) in [4.78, 5) is 0. The number of benzene rings is 1. The third kappa shape index (κ3) is 2.39. The Morgan fingerprint density at radius 1 is 1.17 bits per heavy atom. The van der Waals surface area contributed by atoms with Gasteiger partial charge in [-0.3, -0.25) is 0 Å². The molecule has 2 aliphatic rings. The number of rotatable bonds is 3. The Morgan fingerprint density at radius 2 is 1.94 bits per heavy atom. The third-order valence-corrected chi connectivity index (χ3v) is 4.53. The van der Waals surface area contributed by atoms with E-state index < -0.39 is 0 Å². The maximum Gasteiger partial charge on any atom is 0.124 e. The van der Waals surface area contributed by atoms with E-state index in [1.165, 1.54) is 31.2 Å². The van der Waals surface area contributed by atoms with Crippen LogP contribution in [-0.2, 0) is 0 Å². The number of fused-ring (bicyclic) bond motifs is 1. The summed E-state index contributed by atoms with van der Waals surface area (Å²) < 4.78 is 5.72. The van der Waals surface area contributed by atoms with Crippen LogP contribution < -0.4 is 10.1 Å². The lowest BCUT2D eigenvalue weighted by Crippen LogP contribution is -2.37. The standard InChI is InChI=1S/C16H23NO/c1-12(13-6-2-3-7-13)17-15-10-11-18-16-9-5-4-8-14(15)16/h4-5,8-9,12-13,15,17H,2-3,6-7,10-11H2,1H3/t12-,15?/m1/s1. The average Bonchev–Trinajstić information content (AvgIpc) is 2.93. The van der Waals surface area contributed by atoms with Crippen molar-refractivity contribution in [2.24, 2.45) is 5.92 Å². The molecule has 1 fully saturated rings. The molecule has 2 heteroatoms. The predicted octanol–water partition coefficient (Wildman–Crippen LogP) is 3.68. The number of nitrogens with one attached hydrogen (secondary N) is 1. The van der Waals surface area contributed by atoms with Crippen molar-refractivity contribution in [1.82, 2.24) is 5.32 Å². The van der Waals surface area contributed by atoms with Crippen molar-refractivity contribution >= 4 is 0 Å². The van der Waals surface area contributed by atoms with Gasteiger partial charge in [0.15, 0.2) is 0 Å². The molecule has 1 unspecified atom stereocenters. The minimum atomic E-state index is 0.477. The monoisotopic (exact) mass is 245 g/mol. The Balaban J connectivity index is 1.70. The Bertz CT molecular complexity index is 398. The van der Waals surface area contributed by atoms with Crippen LogP contribution in [0.25, 0.3) is 0 Å². The molecule has 18 heavy (non-hydrogen) atoms. The second kappa shape index (κ2) is 5.31. The van der Waals surface area contributed by atoms with Gasteiger partial charge in [0.25, 0.3) is 0 Å². The van der Waals surface area contributed by atoms with Gasteiger partial charge in [-0.1, -0.05) is 31.0 Å². The van der Waals surface area contributed by atoms with Gasteiger partial charge in [0.05, 0.1) is 6.61 Å². The number of hydrogen-bond acceptors (Lipinski definition) is 2. The van der Waals surface area contributed by atoms with Gasteiger partial charge in [0.1, 0.15) is 5.75 Å². The van der Waals surface area contributed by atoms with Crippen molar-refractivity contribution in [2.75, 3.05) is 6.61 Å². The fourth-order valence-corrected chi connectivity index (χ4v) is 3.43. The predicted molar refractivity (Wildman–Crippen MR) is 73.9 cm³/mol. The van der Waals surface area contributed by atoms with E-state index in [1.807, 2.05) is 0 Å². The zero-order chi connectivity index (χ0) is 12.4. The minimum Gasteiger partial charge on any atom is -0.493 e. The number of ether oxygens (including phenoxy) is 1. The summed E-state index contributed by atoms with van der Waals surface area (Å²) in [5, 5.41) is 3.84. The van der Waals surface area contributed by atoms with E-state index in [9.17, 15) is 0 Å². The average molecular weight is 245 g/mol. The first-order valence-electron chi connectivity index (χ1n) is 7.32. The van der Waals surface area contributed by atoms with Crippen LogP contribution in [0, 0.1) is 5.92 Å². The van der Waals surface area contributed by atoms with Gasteiger partial charge >= 0.3 is 0 Å². The van der Waals surface area contributed by atoms with Crippen LogP contribution in [0.2, 0.25) is 0 Å². The molecule has 1 aliphatic carbocycles. The van der Waals surface area contributed by atoms with Crippen molar-refractivity contribution in [2.45, 2.75) is 51.1 Å². The molecule has 3 rings (SSSR count). The highest BCUT2D eigenvalue weighted by molar-refractivity contribution is 5.37. The molecule has 98 valence electrons. The maximum absolute atomic E-state index is 5.72. The van der Waals surface area contributed by atoms with Crippen LogP contribution in [0.3, 0.4) is 0 Å². The molecular formula is C16H23NO. The van der Waals surface area contributed by atoms with Crippen LogP contribution in [0.5, 0.6) is 5.75 Å². The zero-order valence-electron chi connectivity index (χ0n) is 11.2. The highest BCUT2D eigenvalue weighted by Gasteiger charge is 2.27. The van der Waals surface area contributed by atoms with E-state index in [2.05, 4.69) is 36.5 Å². The smallest absolute Gasteiger partial charge is 0.124 e. The molecule has 1 aromatic rings. The second-order valence-electron chi connectivity index (χ2n) is 5.73. The van der Waals surface area contributed by atoms with Crippen LogP contribution >= 0.6 is 0 Å². The second-order valence-corrected chi connectivity index (χ2v) is 5.73. The van der Waals surface area contributed by atoms with Crippen molar-refractivity contribution in [3.8, 4) is 5.75 Å². The lowest BCUT2D eigenvalue weighted by Gasteiger charge is -2.31. The van der Waals surface area contributed by atoms with Crippen LogP contribution in [-0.4, -0.2) is 12.6 Å². The van der Waals surface area contributed by atoms with Crippen molar-refractivity contribution in [3.63, 3.8) is 0 Å². The minimum absolute atomic E-state index is 0.477. The first kappa shape index (κ1) is 12.0. The molecule has 1 saturated carbocycles. The molecule has 2 atom stereocenters. The number of hydrogen-bond donors (Lipinski definition) is 1. The van der Waals surface area contributed by atoms with Gasteiger partial charge in [0, 0.05) is 24.1 Å². The molecule has 0 aromatic heterocycles. The summed E-state index contributed by atoms with van der Waals surface area (Å²) in [6.07, 6.45) is 6.73. The topological polar surface area (TPSA) is 21.3 Å². The van der Waals surface area contributed by atoms with Crippen LogP contribution in [0.1, 0.15) is 50.6 Å². The van der Waals surface area contributed by atoms with Crippen LogP contribution in [0.15, 0.2) is 24.3 Å². The van der Waals surface area contributed by atoms with E-state index in [0.29, 0.717) is 12.1 Å². The quantitative estimate of drug-likeness (QED) is 0.877. The summed E-state index contributed by atoms with van der Waals surface area (Å²) >= 11 is 0. The Hall–Kier alpha value is -1.02. The summed E-state index contributed by atoms with van der Waals surface area (Å²) in [5.74, 6) is 1.94. The highest BCUT2D eigenvalue weighted by atomic mass is 16.5. The van der Waals surface area contributed by atoms with Gasteiger partial charge < -0.3 is 10.1 Å². The largest absolute Gasteiger partial charge is 0.493 e. The van der Waals surface area contributed by atoms with E-state index in [1.54, 1.807) is 0 Å². The summed E-state index contributed by atoms with van der Waals surface area (Å²) in [7, 11) is 0. The summed E-state index contributed by atoms with van der Waals surface area (Å²) in [5.41, 5.74) is 1.34.